The number of ketones is 2. The van der Waals surface area contributed by atoms with Crippen molar-refractivity contribution in [2.75, 3.05) is 14.1 Å². The number of hydrogen-bond acceptors (Lipinski definition) is 9. The van der Waals surface area contributed by atoms with Crippen LogP contribution in [0.25, 0.3) is 11.3 Å². The highest BCUT2D eigenvalue weighted by Gasteiger charge is 2.68. The fraction of sp³-hybridized carbons (Fsp3) is 0.516. The Morgan fingerprint density at radius 2 is 1.76 bits per heavy atom. The first-order valence-corrected chi connectivity index (χ1v) is 14.1. The molecule has 0 aromatic heterocycles. The summed E-state index contributed by atoms with van der Waals surface area (Å²) in [5.41, 5.74) is 2.60. The van der Waals surface area contributed by atoms with Gasteiger partial charge in [0, 0.05) is 17.1 Å². The Balaban J connectivity index is 1.77. The normalized spacial score (nSPS) is 31.8. The molecule has 41 heavy (non-hydrogen) atoms. The lowest BCUT2D eigenvalue weighted by molar-refractivity contribution is -0.169. The number of rotatable bonds is 6. The summed E-state index contributed by atoms with van der Waals surface area (Å²) in [6, 6.07) is 2.06. The molecule has 0 spiro atoms. The summed E-state index contributed by atoms with van der Waals surface area (Å²) in [4.78, 5) is 41.4. The molecule has 0 heterocycles. The number of hydrogen-bond donors (Lipinski definition) is 6. The second-order valence-corrected chi connectivity index (χ2v) is 12.3. The Morgan fingerprint density at radius 3 is 2.32 bits per heavy atom. The molecule has 10 nitrogen and oxygen atoms in total. The average molecular weight is 567 g/mol. The number of phenolic OH excluding ortho intramolecular Hbond substituents is 1. The maximum absolute atomic E-state index is 14.3. The molecular weight excluding hydrogens is 528 g/mol. The number of aliphatic hydroxyl groups is 4. The van der Waals surface area contributed by atoms with Gasteiger partial charge in [-0.2, -0.15) is 0 Å². The van der Waals surface area contributed by atoms with E-state index in [0.717, 1.165) is 32.1 Å². The molecule has 1 aromatic carbocycles. The van der Waals surface area contributed by atoms with E-state index in [2.05, 4.69) is 6.58 Å². The molecule has 5 rings (SSSR count). The molecule has 1 aromatic rings. The zero-order valence-corrected chi connectivity index (χ0v) is 23.6. The van der Waals surface area contributed by atoms with Gasteiger partial charge in [-0.05, 0) is 56.8 Å². The number of amides is 1. The first-order valence-electron chi connectivity index (χ1n) is 14.1. The minimum absolute atomic E-state index is 0.00501. The highest BCUT2D eigenvalue weighted by Crippen LogP contribution is 2.58. The SMILES string of the molecule is C=C(C)c1ccc2c(c1O)C(O)=C1C(=O)[C@]3(O)C(O)=C(C(N)=O)C(=O)C(N(C)C)[C@@H]3[C@@H](O)[C@@H]1[C@H]2CCC1CCCC1. The number of phenols is 1. The zero-order valence-electron chi connectivity index (χ0n) is 23.6. The van der Waals surface area contributed by atoms with E-state index in [9.17, 15) is 39.9 Å². The van der Waals surface area contributed by atoms with Crippen LogP contribution in [0.15, 0.2) is 35.6 Å². The number of nitrogens with two attached hydrogens (primary N) is 1. The first kappa shape index (κ1) is 29.0. The predicted molar refractivity (Wildman–Crippen MR) is 151 cm³/mol. The molecule has 0 aliphatic heterocycles. The van der Waals surface area contributed by atoms with Gasteiger partial charge in [-0.1, -0.05) is 44.4 Å². The van der Waals surface area contributed by atoms with Crippen molar-refractivity contribution in [2.24, 2.45) is 23.5 Å². The molecule has 0 radical (unpaired) electrons. The van der Waals surface area contributed by atoms with Gasteiger partial charge in [-0.3, -0.25) is 19.3 Å². The van der Waals surface area contributed by atoms with Crippen LogP contribution in [0.2, 0.25) is 0 Å². The van der Waals surface area contributed by atoms with Crippen molar-refractivity contribution in [3.8, 4) is 5.75 Å². The minimum atomic E-state index is -2.93. The molecule has 2 fully saturated rings. The van der Waals surface area contributed by atoms with Gasteiger partial charge in [0.25, 0.3) is 5.91 Å². The fourth-order valence-electron chi connectivity index (χ4n) is 7.83. The monoisotopic (exact) mass is 566 g/mol. The van der Waals surface area contributed by atoms with Crippen LogP contribution in [0.3, 0.4) is 0 Å². The van der Waals surface area contributed by atoms with Crippen LogP contribution >= 0.6 is 0 Å². The summed E-state index contributed by atoms with van der Waals surface area (Å²) in [6.07, 6.45) is 4.06. The number of Topliss-reactive ketones (excluding diaryl/α,β-unsaturated/α-hetero) is 2. The maximum Gasteiger partial charge on any atom is 0.255 e. The van der Waals surface area contributed by atoms with Crippen molar-refractivity contribution in [3.63, 3.8) is 0 Å². The van der Waals surface area contributed by atoms with E-state index in [1.165, 1.54) is 19.0 Å². The lowest BCUT2D eigenvalue weighted by Crippen LogP contribution is -2.70. The number of aliphatic hydroxyl groups excluding tert-OH is 3. The smallest absolute Gasteiger partial charge is 0.255 e. The number of aromatic hydroxyl groups is 1. The third-order valence-corrected chi connectivity index (χ3v) is 9.75. The van der Waals surface area contributed by atoms with Gasteiger partial charge in [-0.25, -0.2) is 0 Å². The first-order chi connectivity index (χ1) is 19.2. The van der Waals surface area contributed by atoms with E-state index in [-0.39, 0.29) is 16.9 Å². The summed E-state index contributed by atoms with van der Waals surface area (Å²) < 4.78 is 0. The third kappa shape index (κ3) is 4.06. The summed E-state index contributed by atoms with van der Waals surface area (Å²) in [7, 11) is 2.99. The van der Waals surface area contributed by atoms with Gasteiger partial charge in [0.15, 0.2) is 11.4 Å². The third-order valence-electron chi connectivity index (χ3n) is 9.75. The average Bonchev–Trinajstić information content (AvgIpc) is 3.41. The summed E-state index contributed by atoms with van der Waals surface area (Å²) in [5.74, 6) is -8.30. The Labute approximate surface area is 238 Å². The lowest BCUT2D eigenvalue weighted by Gasteiger charge is -2.54. The second-order valence-electron chi connectivity index (χ2n) is 12.3. The van der Waals surface area contributed by atoms with E-state index in [0.29, 0.717) is 29.0 Å². The molecule has 1 unspecified atom stereocenters. The highest BCUT2D eigenvalue weighted by atomic mass is 16.4. The molecule has 0 bridgehead atoms. The van der Waals surface area contributed by atoms with Crippen molar-refractivity contribution in [2.45, 2.75) is 69.1 Å². The lowest BCUT2D eigenvalue weighted by atomic mass is 9.53. The number of carbonyl (C=O) groups is 3. The number of benzene rings is 1. The topological polar surface area (TPSA) is 182 Å². The molecule has 0 saturated heterocycles. The van der Waals surface area contributed by atoms with Crippen molar-refractivity contribution in [1.29, 1.82) is 0 Å². The number of nitrogens with zero attached hydrogens (tertiary/aromatic N) is 1. The van der Waals surface area contributed by atoms with Gasteiger partial charge in [0.2, 0.25) is 5.78 Å². The zero-order chi connectivity index (χ0) is 30.1. The van der Waals surface area contributed by atoms with Crippen LogP contribution in [0.5, 0.6) is 5.75 Å². The quantitative estimate of drug-likeness (QED) is 0.282. The number of likely N-dealkylation sites (N-methyl/N-ethyl adjacent to an activating group) is 1. The van der Waals surface area contributed by atoms with Crippen molar-refractivity contribution >= 4 is 28.8 Å². The minimum Gasteiger partial charge on any atom is -0.508 e. The van der Waals surface area contributed by atoms with E-state index in [4.69, 9.17) is 5.73 Å². The number of allylic oxidation sites excluding steroid dienone is 1. The molecule has 2 saturated carbocycles. The molecule has 1 amide bonds. The number of fused-ring (bicyclic) bond motifs is 3. The molecule has 10 heteroatoms. The number of carbonyl (C=O) groups excluding carboxylic acids is 3. The Morgan fingerprint density at radius 1 is 1.12 bits per heavy atom. The number of primary amides is 1. The molecular formula is C31H38N2O8. The summed E-state index contributed by atoms with van der Waals surface area (Å²) in [6.45, 7) is 5.57. The van der Waals surface area contributed by atoms with Crippen LogP contribution in [-0.4, -0.2) is 79.7 Å². The highest BCUT2D eigenvalue weighted by molar-refractivity contribution is 6.24. The van der Waals surface area contributed by atoms with E-state index in [1.807, 2.05) is 0 Å². The predicted octanol–water partition coefficient (Wildman–Crippen LogP) is 2.48. The fourth-order valence-corrected chi connectivity index (χ4v) is 7.83. The molecule has 7 N–H and O–H groups in total. The van der Waals surface area contributed by atoms with Crippen LogP contribution in [-0.2, 0) is 14.4 Å². The van der Waals surface area contributed by atoms with Gasteiger partial charge < -0.3 is 31.3 Å². The van der Waals surface area contributed by atoms with Crippen molar-refractivity contribution in [1.82, 2.24) is 4.90 Å². The Kier molecular flexibility index (Phi) is 7.16. The van der Waals surface area contributed by atoms with Gasteiger partial charge >= 0.3 is 0 Å². The van der Waals surface area contributed by atoms with Gasteiger partial charge in [0.1, 0.15) is 22.8 Å². The van der Waals surface area contributed by atoms with Crippen LogP contribution in [0.1, 0.15) is 68.1 Å². The van der Waals surface area contributed by atoms with Gasteiger partial charge in [0.05, 0.1) is 23.6 Å². The van der Waals surface area contributed by atoms with Crippen molar-refractivity contribution < 1.29 is 39.9 Å². The van der Waals surface area contributed by atoms with Crippen molar-refractivity contribution in [3.05, 3.63) is 52.3 Å². The Hall–Kier alpha value is -3.47. The summed E-state index contributed by atoms with van der Waals surface area (Å²) in [5, 5.41) is 57.9. The standard InChI is InChI=1S/C31H38N2O8/c1-13(2)15-11-12-17-16(10-9-14-7-5-6-8-14)18-20(25(35)19(17)24(15)34)28(38)31(41)22(26(18)36)23(33(3)4)27(37)21(29(31)39)30(32)40/h11-12,14,16,18,22-23,26,34-36,39,41H,1,5-10H2,2-4H3,(H2,32,40)/t16-,18+,22+,23?,26-,31-/m0/s1. The van der Waals surface area contributed by atoms with E-state index in [1.54, 1.807) is 19.1 Å². The van der Waals surface area contributed by atoms with Crippen LogP contribution < -0.4 is 5.73 Å². The van der Waals surface area contributed by atoms with Crippen LogP contribution in [0.4, 0.5) is 0 Å². The van der Waals surface area contributed by atoms with Crippen LogP contribution in [0, 0.1) is 17.8 Å². The summed E-state index contributed by atoms with van der Waals surface area (Å²) >= 11 is 0. The molecule has 4 aliphatic carbocycles. The maximum atomic E-state index is 14.3. The van der Waals surface area contributed by atoms with Gasteiger partial charge in [-0.15, -0.1) is 0 Å². The molecule has 6 atom stereocenters. The van der Waals surface area contributed by atoms with E-state index >= 15 is 0 Å². The largest absolute Gasteiger partial charge is 0.508 e. The van der Waals surface area contributed by atoms with E-state index < -0.39 is 70.1 Å². The second kappa shape index (κ2) is 10.1. The Bertz CT molecular complexity index is 1420. The molecule has 220 valence electrons. The molecule has 4 aliphatic rings.